The van der Waals surface area contributed by atoms with Crippen molar-refractivity contribution in [1.29, 1.82) is 0 Å². The number of allylic oxidation sites excluding steroid dienone is 2. The van der Waals surface area contributed by atoms with Gasteiger partial charge >= 0.3 is 0 Å². The number of unbranched alkanes of at least 4 members (excludes halogenated alkanes) is 1. The number of carbonyl (C=O) groups excluding carboxylic acids is 2. The number of hydrogen-bond acceptors (Lipinski definition) is 2. The van der Waals surface area contributed by atoms with E-state index in [0.717, 1.165) is 30.4 Å². The summed E-state index contributed by atoms with van der Waals surface area (Å²) in [7, 11) is 0. The molecule has 0 saturated heterocycles. The van der Waals surface area contributed by atoms with E-state index in [0.29, 0.717) is 30.0 Å². The minimum atomic E-state index is 0.191. The molecule has 2 nitrogen and oxygen atoms in total. The number of rotatable bonds is 5. The Kier molecular flexibility index (Phi) is 3.36. The highest BCUT2D eigenvalue weighted by Gasteiger charge is 2.57. The maximum Gasteiger partial charge on any atom is 0.163 e. The van der Waals surface area contributed by atoms with E-state index in [1.807, 2.05) is 6.92 Å². The summed E-state index contributed by atoms with van der Waals surface area (Å²) in [5.74, 6) is 2.31. The summed E-state index contributed by atoms with van der Waals surface area (Å²) in [6.45, 7) is 4.07. The molecule has 0 radical (unpaired) electrons. The van der Waals surface area contributed by atoms with Crippen molar-refractivity contribution in [1.82, 2.24) is 0 Å². The largest absolute Gasteiger partial charge is 0.295 e. The SMILES string of the molecule is CCCCC1=C(C(=O)CC)[C@H]2[C@@H]3CC[C@@H](C3)[C@H]2C1=O. The molecule has 0 unspecified atom stereocenters. The molecule has 0 aromatic rings. The van der Waals surface area contributed by atoms with Crippen LogP contribution in [0.15, 0.2) is 11.1 Å². The molecule has 0 heterocycles. The molecule has 0 N–H and O–H groups in total. The van der Waals surface area contributed by atoms with E-state index in [-0.39, 0.29) is 11.7 Å². The molecule has 2 saturated carbocycles. The predicted molar refractivity (Wildman–Crippen MR) is 74.7 cm³/mol. The zero-order valence-corrected chi connectivity index (χ0v) is 12.1. The fourth-order valence-corrected chi connectivity index (χ4v) is 4.78. The first-order chi connectivity index (χ1) is 9.19. The fourth-order valence-electron chi connectivity index (χ4n) is 4.78. The third-order valence-corrected chi connectivity index (χ3v) is 5.58. The van der Waals surface area contributed by atoms with Crippen LogP contribution < -0.4 is 0 Å². The normalized spacial score (nSPS) is 36.2. The fraction of sp³-hybridized carbons (Fsp3) is 0.765. The summed E-state index contributed by atoms with van der Waals surface area (Å²) < 4.78 is 0. The van der Waals surface area contributed by atoms with Crippen molar-refractivity contribution in [2.45, 2.75) is 58.8 Å². The smallest absolute Gasteiger partial charge is 0.163 e. The second-order valence-corrected chi connectivity index (χ2v) is 6.52. The molecule has 4 atom stereocenters. The lowest BCUT2D eigenvalue weighted by molar-refractivity contribution is -0.120. The van der Waals surface area contributed by atoms with E-state index in [1.54, 1.807) is 0 Å². The lowest BCUT2D eigenvalue weighted by Gasteiger charge is -2.25. The number of fused-ring (bicyclic) bond motifs is 5. The van der Waals surface area contributed by atoms with Crippen molar-refractivity contribution in [3.63, 3.8) is 0 Å². The van der Waals surface area contributed by atoms with Gasteiger partial charge in [0.25, 0.3) is 0 Å². The molecule has 104 valence electrons. The van der Waals surface area contributed by atoms with Gasteiger partial charge in [-0.3, -0.25) is 9.59 Å². The molecule has 0 spiro atoms. The van der Waals surface area contributed by atoms with Gasteiger partial charge in [0, 0.05) is 29.4 Å². The van der Waals surface area contributed by atoms with Crippen LogP contribution in [0.5, 0.6) is 0 Å². The van der Waals surface area contributed by atoms with E-state index < -0.39 is 0 Å². The minimum Gasteiger partial charge on any atom is -0.295 e. The van der Waals surface area contributed by atoms with E-state index in [1.165, 1.54) is 19.3 Å². The average molecular weight is 260 g/mol. The van der Waals surface area contributed by atoms with Crippen LogP contribution in [0.25, 0.3) is 0 Å². The molecule has 0 aromatic carbocycles. The molecule has 3 rings (SSSR count). The van der Waals surface area contributed by atoms with Crippen LogP contribution in [0.1, 0.15) is 58.8 Å². The van der Waals surface area contributed by atoms with Gasteiger partial charge in [-0.25, -0.2) is 0 Å². The number of Topliss-reactive ketones (excluding diaryl/α,β-unsaturated/α-hetero) is 2. The van der Waals surface area contributed by atoms with Gasteiger partial charge in [-0.15, -0.1) is 0 Å². The standard InChI is InChI=1S/C17H24O2/c1-3-5-6-12-16(13(18)4-2)14-10-7-8-11(9-10)15(14)17(12)19/h10-11,14-15H,3-9H2,1-2H3/t10-,11+,14+,15-/m1/s1. The molecule has 0 aliphatic heterocycles. The predicted octanol–water partition coefficient (Wildman–Crippen LogP) is 3.70. The minimum absolute atomic E-state index is 0.191. The Morgan fingerprint density at radius 1 is 1.16 bits per heavy atom. The quantitative estimate of drug-likeness (QED) is 0.755. The third-order valence-electron chi connectivity index (χ3n) is 5.58. The van der Waals surface area contributed by atoms with Gasteiger partial charge in [0.05, 0.1) is 0 Å². The van der Waals surface area contributed by atoms with Crippen LogP contribution in [-0.2, 0) is 9.59 Å². The highest BCUT2D eigenvalue weighted by molar-refractivity contribution is 6.12. The Hall–Kier alpha value is -0.920. The summed E-state index contributed by atoms with van der Waals surface area (Å²) in [5.41, 5.74) is 1.90. The molecule has 0 aromatic heterocycles. The highest BCUT2D eigenvalue weighted by Crippen LogP contribution is 2.59. The first-order valence-corrected chi connectivity index (χ1v) is 7.99. The first kappa shape index (κ1) is 13.1. The van der Waals surface area contributed by atoms with Crippen LogP contribution in [0.3, 0.4) is 0 Å². The second kappa shape index (κ2) is 4.88. The lowest BCUT2D eigenvalue weighted by Crippen LogP contribution is -2.26. The van der Waals surface area contributed by atoms with Crippen LogP contribution in [0.2, 0.25) is 0 Å². The Bertz CT molecular complexity index is 446. The first-order valence-electron chi connectivity index (χ1n) is 7.99. The van der Waals surface area contributed by atoms with Gasteiger partial charge < -0.3 is 0 Å². The summed E-state index contributed by atoms with van der Waals surface area (Å²) in [5, 5.41) is 0. The maximum atomic E-state index is 12.7. The zero-order valence-electron chi connectivity index (χ0n) is 12.1. The van der Waals surface area contributed by atoms with Crippen LogP contribution in [0.4, 0.5) is 0 Å². The van der Waals surface area contributed by atoms with Gasteiger partial charge in [0.2, 0.25) is 0 Å². The summed E-state index contributed by atoms with van der Waals surface area (Å²) in [6, 6.07) is 0. The molecule has 2 fully saturated rings. The van der Waals surface area contributed by atoms with Crippen molar-refractivity contribution in [2.75, 3.05) is 0 Å². The average Bonchev–Trinajstić information content (AvgIpc) is 3.08. The molecule has 0 amide bonds. The van der Waals surface area contributed by atoms with E-state index >= 15 is 0 Å². The molecule has 2 heteroatoms. The Morgan fingerprint density at radius 2 is 1.84 bits per heavy atom. The summed E-state index contributed by atoms with van der Waals surface area (Å²) >= 11 is 0. The van der Waals surface area contributed by atoms with Crippen molar-refractivity contribution in [2.24, 2.45) is 23.7 Å². The van der Waals surface area contributed by atoms with E-state index in [9.17, 15) is 9.59 Å². The van der Waals surface area contributed by atoms with Gasteiger partial charge in [-0.05, 0) is 43.9 Å². The molecule has 2 bridgehead atoms. The third kappa shape index (κ3) is 1.83. The van der Waals surface area contributed by atoms with Crippen molar-refractivity contribution >= 4 is 11.6 Å². The van der Waals surface area contributed by atoms with Gasteiger partial charge in [-0.2, -0.15) is 0 Å². The van der Waals surface area contributed by atoms with E-state index in [2.05, 4.69) is 6.92 Å². The topological polar surface area (TPSA) is 34.1 Å². The second-order valence-electron chi connectivity index (χ2n) is 6.52. The van der Waals surface area contributed by atoms with Gasteiger partial charge in [-0.1, -0.05) is 20.3 Å². The Labute approximate surface area is 115 Å². The number of carbonyl (C=O) groups is 2. The molecule has 3 aliphatic rings. The summed E-state index contributed by atoms with van der Waals surface area (Å²) in [4.78, 5) is 25.0. The van der Waals surface area contributed by atoms with Crippen molar-refractivity contribution in [3.05, 3.63) is 11.1 Å². The number of ketones is 2. The van der Waals surface area contributed by atoms with Gasteiger partial charge in [0.1, 0.15) is 0 Å². The van der Waals surface area contributed by atoms with Crippen molar-refractivity contribution in [3.8, 4) is 0 Å². The Morgan fingerprint density at radius 3 is 2.47 bits per heavy atom. The van der Waals surface area contributed by atoms with Crippen LogP contribution >= 0.6 is 0 Å². The zero-order chi connectivity index (χ0) is 13.6. The van der Waals surface area contributed by atoms with Crippen LogP contribution in [0, 0.1) is 23.7 Å². The molecular formula is C17H24O2. The summed E-state index contributed by atoms with van der Waals surface area (Å²) in [6.07, 6.45) is 7.17. The molecule has 19 heavy (non-hydrogen) atoms. The molecule has 3 aliphatic carbocycles. The maximum absolute atomic E-state index is 12.7. The Balaban J connectivity index is 1.97. The van der Waals surface area contributed by atoms with Crippen molar-refractivity contribution < 1.29 is 9.59 Å². The highest BCUT2D eigenvalue weighted by atomic mass is 16.1. The number of hydrogen-bond donors (Lipinski definition) is 0. The monoisotopic (exact) mass is 260 g/mol. The lowest BCUT2D eigenvalue weighted by atomic mass is 9.77. The van der Waals surface area contributed by atoms with Crippen LogP contribution in [-0.4, -0.2) is 11.6 Å². The molecular weight excluding hydrogens is 236 g/mol. The van der Waals surface area contributed by atoms with Gasteiger partial charge in [0.15, 0.2) is 11.6 Å². The van der Waals surface area contributed by atoms with E-state index in [4.69, 9.17) is 0 Å².